The number of nitrogens with zero attached hydrogens (tertiary/aromatic N) is 1. The van der Waals surface area contributed by atoms with Crippen LogP contribution in [0, 0.1) is 0 Å². The molecule has 0 atom stereocenters. The highest BCUT2D eigenvalue weighted by atomic mass is 16.3. The lowest BCUT2D eigenvalue weighted by Gasteiger charge is -2.26. The van der Waals surface area contributed by atoms with E-state index < -0.39 is 0 Å². The second-order valence-corrected chi connectivity index (χ2v) is 14.1. The van der Waals surface area contributed by atoms with E-state index in [1.165, 1.54) is 33.0 Å². The number of fused-ring (bicyclic) bond motifs is 8. The Balaban J connectivity index is 1.02. The highest BCUT2D eigenvalue weighted by Crippen LogP contribution is 2.45. The molecule has 0 aliphatic heterocycles. The first kappa shape index (κ1) is 31.2. The van der Waals surface area contributed by atoms with Gasteiger partial charge >= 0.3 is 0 Å². The molecule has 258 valence electrons. The maximum absolute atomic E-state index is 6.66. The van der Waals surface area contributed by atoms with E-state index in [0.717, 1.165) is 72.1 Å². The molecule has 11 rings (SSSR count). The van der Waals surface area contributed by atoms with Crippen molar-refractivity contribution in [2.45, 2.75) is 0 Å². The third kappa shape index (κ3) is 5.20. The molecule has 2 heterocycles. The third-order valence-electron chi connectivity index (χ3n) is 10.9. The number of para-hydroxylation sites is 1. The fourth-order valence-corrected chi connectivity index (χ4v) is 8.28. The topological polar surface area (TPSA) is 29.5 Å². The third-order valence-corrected chi connectivity index (χ3v) is 10.9. The van der Waals surface area contributed by atoms with Gasteiger partial charge in [0.15, 0.2) is 0 Å². The van der Waals surface area contributed by atoms with Crippen molar-refractivity contribution in [3.8, 4) is 33.4 Å². The van der Waals surface area contributed by atoms with Crippen LogP contribution in [-0.4, -0.2) is 0 Å². The maximum atomic E-state index is 6.66. The molecule has 0 saturated carbocycles. The summed E-state index contributed by atoms with van der Waals surface area (Å²) >= 11 is 0. The fraction of sp³-hybridized carbons (Fsp3) is 0. The fourth-order valence-electron chi connectivity index (χ4n) is 8.28. The van der Waals surface area contributed by atoms with E-state index in [0.29, 0.717) is 0 Å². The van der Waals surface area contributed by atoms with Crippen molar-refractivity contribution < 1.29 is 8.83 Å². The van der Waals surface area contributed by atoms with Gasteiger partial charge in [0.05, 0.1) is 11.1 Å². The number of hydrogen-bond acceptors (Lipinski definition) is 3. The SMILES string of the molecule is c1ccc(-c2ccc(N(c3ccc(-c4ccc5c(c4)oc4cc(-c6ccccc6)c6ccccc6c45)cc3)c3cccc4oc5ccccc5c34)cc2)cc1. The quantitative estimate of drug-likeness (QED) is 0.173. The lowest BCUT2D eigenvalue weighted by molar-refractivity contribution is 0.669. The van der Waals surface area contributed by atoms with Crippen LogP contribution in [0.2, 0.25) is 0 Å². The molecule has 0 amide bonds. The summed E-state index contributed by atoms with van der Waals surface area (Å²) in [5.41, 5.74) is 13.7. The van der Waals surface area contributed by atoms with Gasteiger partial charge in [0, 0.05) is 27.5 Å². The van der Waals surface area contributed by atoms with Gasteiger partial charge in [-0.15, -0.1) is 0 Å². The number of furan rings is 2. The molecule has 9 aromatic carbocycles. The predicted molar refractivity (Wildman–Crippen MR) is 229 cm³/mol. The first-order valence-electron chi connectivity index (χ1n) is 18.7. The van der Waals surface area contributed by atoms with Gasteiger partial charge < -0.3 is 13.7 Å². The van der Waals surface area contributed by atoms with E-state index in [9.17, 15) is 0 Å². The van der Waals surface area contributed by atoms with Crippen LogP contribution in [-0.2, 0) is 0 Å². The molecule has 0 radical (unpaired) electrons. The molecule has 3 nitrogen and oxygen atoms in total. The minimum Gasteiger partial charge on any atom is -0.456 e. The number of anilines is 3. The highest BCUT2D eigenvalue weighted by molar-refractivity contribution is 6.22. The molecule has 0 bridgehead atoms. The van der Waals surface area contributed by atoms with Crippen LogP contribution in [0.5, 0.6) is 0 Å². The summed E-state index contributed by atoms with van der Waals surface area (Å²) in [7, 11) is 0. The van der Waals surface area contributed by atoms with Gasteiger partial charge in [-0.2, -0.15) is 0 Å². The summed E-state index contributed by atoms with van der Waals surface area (Å²) in [5.74, 6) is 0. The van der Waals surface area contributed by atoms with Crippen molar-refractivity contribution in [1.29, 1.82) is 0 Å². The van der Waals surface area contributed by atoms with Crippen LogP contribution in [0.25, 0.3) is 88.0 Å². The molecule has 0 aliphatic carbocycles. The zero-order valence-corrected chi connectivity index (χ0v) is 29.8. The summed E-state index contributed by atoms with van der Waals surface area (Å²) in [6.45, 7) is 0. The molecule has 2 aromatic heterocycles. The van der Waals surface area contributed by atoms with Crippen molar-refractivity contribution >= 4 is 71.7 Å². The van der Waals surface area contributed by atoms with E-state index in [2.05, 4.69) is 193 Å². The van der Waals surface area contributed by atoms with Gasteiger partial charge in [-0.05, 0) is 105 Å². The Kier molecular flexibility index (Phi) is 7.17. The summed E-state index contributed by atoms with van der Waals surface area (Å²) in [6.07, 6.45) is 0. The monoisotopic (exact) mass is 703 g/mol. The molecule has 0 fully saturated rings. The second kappa shape index (κ2) is 12.6. The van der Waals surface area contributed by atoms with Gasteiger partial charge in [0.25, 0.3) is 0 Å². The average Bonchev–Trinajstić information content (AvgIpc) is 3.83. The van der Waals surface area contributed by atoms with Crippen LogP contribution < -0.4 is 4.90 Å². The molecule has 0 aliphatic rings. The zero-order valence-electron chi connectivity index (χ0n) is 29.8. The second-order valence-electron chi connectivity index (χ2n) is 14.1. The van der Waals surface area contributed by atoms with Gasteiger partial charge in [-0.25, -0.2) is 0 Å². The first-order chi connectivity index (χ1) is 27.3. The number of benzene rings is 9. The Morgan fingerprint density at radius 3 is 1.55 bits per heavy atom. The minimum absolute atomic E-state index is 0.865. The van der Waals surface area contributed by atoms with E-state index in [-0.39, 0.29) is 0 Å². The van der Waals surface area contributed by atoms with Gasteiger partial charge in [0.1, 0.15) is 22.3 Å². The first-order valence-corrected chi connectivity index (χ1v) is 18.7. The Bertz CT molecular complexity index is 3180. The van der Waals surface area contributed by atoms with Crippen molar-refractivity contribution in [2.24, 2.45) is 0 Å². The molecule has 0 N–H and O–H groups in total. The van der Waals surface area contributed by atoms with E-state index in [1.807, 2.05) is 12.1 Å². The van der Waals surface area contributed by atoms with Crippen LogP contribution in [0.1, 0.15) is 0 Å². The summed E-state index contributed by atoms with van der Waals surface area (Å²) in [5, 5.41) is 6.89. The van der Waals surface area contributed by atoms with E-state index in [4.69, 9.17) is 8.83 Å². The molecular weight excluding hydrogens is 671 g/mol. The van der Waals surface area contributed by atoms with Crippen LogP contribution >= 0.6 is 0 Å². The standard InChI is InChI=1S/C52H33NO2/c1-3-12-34(13-4-1)35-22-27-39(28-23-35)53(46-19-11-21-48-52(46)43-18-9-10-20-47(43)54-48)40-29-24-36(25-30-40)38-26-31-44-49(32-38)55-50-33-45(37-14-5-2-6-15-37)41-16-7-8-17-42(41)51(44)50/h1-33H. The van der Waals surface area contributed by atoms with Gasteiger partial charge in [0.2, 0.25) is 0 Å². The van der Waals surface area contributed by atoms with Crippen molar-refractivity contribution in [3.05, 3.63) is 200 Å². The Hall–Kier alpha value is -7.36. The summed E-state index contributed by atoms with van der Waals surface area (Å²) in [6, 6.07) is 70.8. The lowest BCUT2D eigenvalue weighted by atomic mass is 9.94. The zero-order chi connectivity index (χ0) is 36.3. The molecule has 3 heteroatoms. The number of hydrogen-bond donors (Lipinski definition) is 0. The van der Waals surface area contributed by atoms with E-state index in [1.54, 1.807) is 0 Å². The van der Waals surface area contributed by atoms with Crippen molar-refractivity contribution in [3.63, 3.8) is 0 Å². The van der Waals surface area contributed by atoms with Gasteiger partial charge in [-0.3, -0.25) is 0 Å². The Labute approximate surface area is 317 Å². The molecule has 0 spiro atoms. The summed E-state index contributed by atoms with van der Waals surface area (Å²) < 4.78 is 13.0. The number of rotatable bonds is 6. The van der Waals surface area contributed by atoms with Crippen molar-refractivity contribution in [2.75, 3.05) is 4.90 Å². The molecule has 0 saturated heterocycles. The normalized spacial score (nSPS) is 11.6. The average molecular weight is 704 g/mol. The minimum atomic E-state index is 0.865. The van der Waals surface area contributed by atoms with Gasteiger partial charge in [-0.1, -0.05) is 140 Å². The smallest absolute Gasteiger partial charge is 0.137 e. The Morgan fingerprint density at radius 2 is 0.818 bits per heavy atom. The molecular formula is C52H33NO2. The largest absolute Gasteiger partial charge is 0.456 e. The summed E-state index contributed by atoms with van der Waals surface area (Å²) in [4.78, 5) is 2.33. The maximum Gasteiger partial charge on any atom is 0.137 e. The van der Waals surface area contributed by atoms with Crippen LogP contribution in [0.4, 0.5) is 17.1 Å². The lowest BCUT2D eigenvalue weighted by Crippen LogP contribution is -2.10. The van der Waals surface area contributed by atoms with E-state index >= 15 is 0 Å². The van der Waals surface area contributed by atoms with Crippen LogP contribution in [0.3, 0.4) is 0 Å². The molecule has 55 heavy (non-hydrogen) atoms. The predicted octanol–water partition coefficient (Wildman–Crippen LogP) is 15.1. The molecule has 0 unspecified atom stereocenters. The highest BCUT2D eigenvalue weighted by Gasteiger charge is 2.20. The molecule has 11 aromatic rings. The van der Waals surface area contributed by atoms with Crippen molar-refractivity contribution in [1.82, 2.24) is 0 Å². The Morgan fingerprint density at radius 1 is 0.291 bits per heavy atom. The van der Waals surface area contributed by atoms with Crippen LogP contribution in [0.15, 0.2) is 209 Å².